The minimum absolute atomic E-state index is 0.211. The average molecular weight is 437 g/mol. The molecule has 0 bridgehead atoms. The summed E-state index contributed by atoms with van der Waals surface area (Å²) in [4.78, 5) is 12.1. The lowest BCUT2D eigenvalue weighted by atomic mass is 10.1. The molecule has 0 saturated carbocycles. The molecule has 28 heavy (non-hydrogen) atoms. The lowest BCUT2D eigenvalue weighted by Gasteiger charge is -2.38. The van der Waals surface area contributed by atoms with Crippen molar-refractivity contribution in [3.8, 4) is 0 Å². The zero-order chi connectivity index (χ0) is 21.3. The van der Waals surface area contributed by atoms with Crippen molar-refractivity contribution in [1.82, 2.24) is 0 Å². The van der Waals surface area contributed by atoms with Crippen LogP contribution in [0.15, 0.2) is 0 Å². The molecule has 0 aliphatic heterocycles. The van der Waals surface area contributed by atoms with E-state index in [-0.39, 0.29) is 5.54 Å². The van der Waals surface area contributed by atoms with Crippen LogP contribution in [-0.2, 0) is 18.1 Å². The molecule has 0 spiro atoms. The molecule has 0 aliphatic carbocycles. The molecule has 168 valence electrons. The van der Waals surface area contributed by atoms with E-state index in [4.69, 9.17) is 13.3 Å². The fraction of sp³-hybridized carbons (Fsp3) is 0.952. The van der Waals surface area contributed by atoms with Gasteiger partial charge in [0.25, 0.3) is 0 Å². The van der Waals surface area contributed by atoms with Gasteiger partial charge in [-0.1, -0.05) is 58.8 Å². The van der Waals surface area contributed by atoms with Gasteiger partial charge in [0.2, 0.25) is 0 Å². The second-order valence-electron chi connectivity index (χ2n) is 7.05. The van der Waals surface area contributed by atoms with E-state index in [1.165, 1.54) is 43.9 Å². The molecular formula is C21H44O5SSi. The van der Waals surface area contributed by atoms with E-state index < -0.39 is 20.0 Å². The van der Waals surface area contributed by atoms with Gasteiger partial charge >= 0.3 is 14.8 Å². The largest absolute Gasteiger partial charge is 0.505 e. The zero-order valence-electron chi connectivity index (χ0n) is 18.8. The molecule has 0 radical (unpaired) electrons. The van der Waals surface area contributed by atoms with Crippen LogP contribution in [0.25, 0.3) is 0 Å². The molecule has 0 heterocycles. The second kappa shape index (κ2) is 17.7. The monoisotopic (exact) mass is 436 g/mol. The third-order valence-corrected chi connectivity index (χ3v) is 10.1. The molecule has 1 N–H and O–H groups in total. The van der Waals surface area contributed by atoms with Crippen LogP contribution < -0.4 is 0 Å². The Balaban J connectivity index is 5.32. The molecular weight excluding hydrogens is 392 g/mol. The maximum atomic E-state index is 12.1. The summed E-state index contributed by atoms with van der Waals surface area (Å²) in [6.45, 7) is 11.5. The molecule has 0 rings (SSSR count). The third-order valence-electron chi connectivity index (χ3n) is 4.72. The number of hydrogen-bond acceptors (Lipinski definition) is 5. The maximum Gasteiger partial charge on any atom is 0.505 e. The molecule has 0 aromatic carbocycles. The van der Waals surface area contributed by atoms with Gasteiger partial charge in [0.15, 0.2) is 0 Å². The molecule has 5 nitrogen and oxygen atoms in total. The predicted octanol–water partition coefficient (Wildman–Crippen LogP) is 6.14. The van der Waals surface area contributed by atoms with Crippen molar-refractivity contribution in [1.29, 1.82) is 0 Å². The van der Waals surface area contributed by atoms with Crippen LogP contribution in [0.2, 0.25) is 5.54 Å². The lowest BCUT2D eigenvalue weighted by molar-refractivity contribution is -0.137. The summed E-state index contributed by atoms with van der Waals surface area (Å²) >= 11 is 1.51. The average Bonchev–Trinajstić information content (AvgIpc) is 2.66. The van der Waals surface area contributed by atoms with Gasteiger partial charge in [-0.25, -0.2) is 0 Å². The van der Waals surface area contributed by atoms with E-state index in [0.29, 0.717) is 19.8 Å². The number of carbonyl (C=O) groups is 1. The maximum absolute atomic E-state index is 12.1. The summed E-state index contributed by atoms with van der Waals surface area (Å²) in [5.74, 6) is 0.0432. The Hall–Kier alpha value is -0.0831. The summed E-state index contributed by atoms with van der Waals surface area (Å²) in [7, 11) is -3.08. The Kier molecular flexibility index (Phi) is 17.7. The Labute approximate surface area is 178 Å². The van der Waals surface area contributed by atoms with Crippen molar-refractivity contribution < 1.29 is 23.2 Å². The van der Waals surface area contributed by atoms with Gasteiger partial charge in [-0.3, -0.25) is 4.79 Å². The number of rotatable bonds is 20. The molecule has 0 aromatic rings. The third kappa shape index (κ3) is 10.6. The molecule has 0 saturated heterocycles. The van der Waals surface area contributed by atoms with Crippen LogP contribution in [0.3, 0.4) is 0 Å². The summed E-state index contributed by atoms with van der Waals surface area (Å²) in [6.07, 6.45) is 10.2. The first kappa shape index (κ1) is 27.9. The highest BCUT2D eigenvalue weighted by Gasteiger charge is 2.54. The Morgan fingerprint density at radius 2 is 1.32 bits per heavy atom. The van der Waals surface area contributed by atoms with Crippen LogP contribution in [0, 0.1) is 0 Å². The van der Waals surface area contributed by atoms with Crippen molar-refractivity contribution in [2.24, 2.45) is 0 Å². The first-order valence-corrected chi connectivity index (χ1v) is 14.1. The number of carboxylic acid groups (broad SMARTS) is 1. The number of hydrogen-bond donors (Lipinski definition) is 1. The SMILES string of the molecule is CCCCCCCCCC(C(SCCC)C(=O)O)[Si](OCC)(OCC)OCC. The fourth-order valence-corrected chi connectivity index (χ4v) is 8.45. The Morgan fingerprint density at radius 3 is 1.75 bits per heavy atom. The van der Waals surface area contributed by atoms with Gasteiger partial charge in [-0.05, 0) is 39.4 Å². The van der Waals surface area contributed by atoms with Crippen molar-refractivity contribution in [2.75, 3.05) is 25.6 Å². The van der Waals surface area contributed by atoms with Crippen LogP contribution in [0.5, 0.6) is 0 Å². The molecule has 0 aliphatic rings. The highest BCUT2D eigenvalue weighted by molar-refractivity contribution is 8.00. The van der Waals surface area contributed by atoms with E-state index in [1.807, 2.05) is 20.8 Å². The van der Waals surface area contributed by atoms with Gasteiger partial charge in [-0.15, -0.1) is 11.8 Å². The smallest absolute Gasteiger partial charge is 0.480 e. The molecule has 2 unspecified atom stereocenters. The quantitative estimate of drug-likeness (QED) is 0.183. The zero-order valence-corrected chi connectivity index (χ0v) is 20.7. The van der Waals surface area contributed by atoms with Crippen molar-refractivity contribution in [2.45, 2.75) is 103 Å². The van der Waals surface area contributed by atoms with Gasteiger partial charge in [0.05, 0.1) is 5.54 Å². The molecule has 0 amide bonds. The topological polar surface area (TPSA) is 65.0 Å². The van der Waals surface area contributed by atoms with Crippen molar-refractivity contribution >= 4 is 26.5 Å². The van der Waals surface area contributed by atoms with Crippen molar-refractivity contribution in [3.05, 3.63) is 0 Å². The first-order chi connectivity index (χ1) is 13.5. The normalized spacial score (nSPS) is 14.2. The molecule has 2 atom stereocenters. The molecule has 7 heteroatoms. The summed E-state index contributed by atoms with van der Waals surface area (Å²) in [5.41, 5.74) is -0.211. The van der Waals surface area contributed by atoms with E-state index >= 15 is 0 Å². The molecule has 0 aromatic heterocycles. The minimum atomic E-state index is -3.08. The number of thioether (sulfide) groups is 1. The van der Waals surface area contributed by atoms with E-state index in [0.717, 1.165) is 31.4 Å². The van der Waals surface area contributed by atoms with Crippen LogP contribution in [-0.4, -0.2) is 50.7 Å². The van der Waals surface area contributed by atoms with Crippen LogP contribution >= 0.6 is 11.8 Å². The predicted molar refractivity (Wildman–Crippen MR) is 121 cm³/mol. The van der Waals surface area contributed by atoms with Gasteiger partial charge < -0.3 is 18.4 Å². The Bertz CT molecular complexity index is 367. The standard InChI is InChI=1S/C21H44O5SSi/c1-6-11-12-13-14-15-16-17-19(20(21(22)23)27-18-7-2)28(24-8-3,25-9-4)26-10-5/h19-20H,6-18H2,1-5H3,(H,22,23). The van der Waals surface area contributed by atoms with Gasteiger partial charge in [-0.2, -0.15) is 0 Å². The highest BCUT2D eigenvalue weighted by atomic mass is 32.2. The Morgan fingerprint density at radius 1 is 0.821 bits per heavy atom. The second-order valence-corrected chi connectivity index (χ2v) is 11.1. The lowest BCUT2D eigenvalue weighted by Crippen LogP contribution is -2.54. The van der Waals surface area contributed by atoms with Crippen molar-refractivity contribution in [3.63, 3.8) is 0 Å². The van der Waals surface area contributed by atoms with Gasteiger partial charge in [0, 0.05) is 19.8 Å². The first-order valence-electron chi connectivity index (χ1n) is 11.3. The summed E-state index contributed by atoms with van der Waals surface area (Å²) in [5, 5.41) is 9.43. The summed E-state index contributed by atoms with van der Waals surface area (Å²) in [6, 6.07) is 0. The van der Waals surface area contributed by atoms with E-state index in [2.05, 4.69) is 13.8 Å². The number of aliphatic carboxylic acids is 1. The number of unbranched alkanes of at least 4 members (excludes halogenated alkanes) is 6. The van der Waals surface area contributed by atoms with Gasteiger partial charge in [0.1, 0.15) is 5.25 Å². The van der Waals surface area contributed by atoms with Crippen LogP contribution in [0.4, 0.5) is 0 Å². The summed E-state index contributed by atoms with van der Waals surface area (Å²) < 4.78 is 18.3. The minimum Gasteiger partial charge on any atom is -0.480 e. The number of carboxylic acids is 1. The highest BCUT2D eigenvalue weighted by Crippen LogP contribution is 2.40. The fourth-order valence-electron chi connectivity index (χ4n) is 3.49. The van der Waals surface area contributed by atoms with E-state index in [9.17, 15) is 9.90 Å². The molecule has 0 fully saturated rings. The van der Waals surface area contributed by atoms with E-state index in [1.54, 1.807) is 0 Å². The van der Waals surface area contributed by atoms with Crippen LogP contribution in [0.1, 0.15) is 92.4 Å².